The molecule has 0 unspecified atom stereocenters. The van der Waals surface area contributed by atoms with Crippen LogP contribution < -0.4 is 5.90 Å². The topological polar surface area (TPSA) is 110 Å². The van der Waals surface area contributed by atoms with Crippen molar-refractivity contribution in [3.63, 3.8) is 0 Å². The van der Waals surface area contributed by atoms with E-state index >= 15 is 0 Å². The quantitative estimate of drug-likeness (QED) is 0.594. The second-order valence-electron chi connectivity index (χ2n) is 2.74. The Morgan fingerprint density at radius 1 is 1.13 bits per heavy atom. The van der Waals surface area contributed by atoms with Gasteiger partial charge in [0.2, 0.25) is 0 Å². The van der Waals surface area contributed by atoms with Crippen molar-refractivity contribution in [3.05, 3.63) is 0 Å². The molecule has 4 N–H and O–H groups in total. The van der Waals surface area contributed by atoms with Gasteiger partial charge in [0.1, 0.15) is 0 Å². The summed E-state index contributed by atoms with van der Waals surface area (Å²) < 4.78 is 31.7. The molecule has 0 bridgehead atoms. The second kappa shape index (κ2) is 5.51. The van der Waals surface area contributed by atoms with Crippen LogP contribution in [-0.2, 0) is 14.4 Å². The van der Waals surface area contributed by atoms with E-state index < -0.39 is 23.7 Å². The molecule has 6 nitrogen and oxygen atoms in total. The van der Waals surface area contributed by atoms with Gasteiger partial charge >= 0.3 is 18.1 Å². The van der Waals surface area contributed by atoms with Crippen LogP contribution in [0.25, 0.3) is 0 Å². The van der Waals surface area contributed by atoms with Crippen LogP contribution in [0.15, 0.2) is 0 Å². The maximum absolute atomic E-state index is 10.6. The third-order valence-electron chi connectivity index (χ3n) is 1.05. The molecule has 15 heavy (non-hydrogen) atoms. The first-order valence-electron chi connectivity index (χ1n) is 3.36. The summed E-state index contributed by atoms with van der Waals surface area (Å²) in [5.74, 6) is 0.800. The van der Waals surface area contributed by atoms with Gasteiger partial charge in [-0.3, -0.25) is 4.84 Å². The number of nitrogens with two attached hydrogens (primary N) is 1. The van der Waals surface area contributed by atoms with Crippen molar-refractivity contribution < 1.29 is 37.8 Å². The fourth-order valence-corrected chi connectivity index (χ4v) is 0.0504. The van der Waals surface area contributed by atoms with Crippen molar-refractivity contribution in [2.75, 3.05) is 0 Å². The van der Waals surface area contributed by atoms with E-state index in [0.717, 1.165) is 0 Å². The zero-order chi connectivity index (χ0) is 12.9. The van der Waals surface area contributed by atoms with E-state index in [2.05, 4.69) is 10.7 Å². The summed E-state index contributed by atoms with van der Waals surface area (Å²) in [5.41, 5.74) is -1.26. The lowest BCUT2D eigenvalue weighted by Gasteiger charge is -2.14. The molecule has 0 fully saturated rings. The summed E-state index contributed by atoms with van der Waals surface area (Å²) in [4.78, 5) is 23.0. The van der Waals surface area contributed by atoms with Gasteiger partial charge in [0.05, 0.1) is 0 Å². The van der Waals surface area contributed by atoms with Crippen LogP contribution in [0.3, 0.4) is 0 Å². The van der Waals surface area contributed by atoms with E-state index in [-0.39, 0.29) is 0 Å². The highest BCUT2D eigenvalue weighted by molar-refractivity contribution is 5.76. The van der Waals surface area contributed by atoms with E-state index in [9.17, 15) is 18.0 Å². The van der Waals surface area contributed by atoms with Gasteiger partial charge in [-0.15, -0.1) is 0 Å². The van der Waals surface area contributed by atoms with E-state index in [1.807, 2.05) is 0 Å². The molecule has 0 rings (SSSR count). The molecule has 0 aliphatic rings. The van der Waals surface area contributed by atoms with Crippen LogP contribution in [-0.4, -0.2) is 33.9 Å². The number of carboxylic acid groups (broad SMARTS) is 2. The van der Waals surface area contributed by atoms with Crippen LogP contribution in [0, 0.1) is 0 Å². The van der Waals surface area contributed by atoms with Crippen LogP contribution in [0.1, 0.15) is 13.8 Å². The van der Waals surface area contributed by atoms with E-state index in [1.165, 1.54) is 13.8 Å². The Hall–Kier alpha value is -1.35. The van der Waals surface area contributed by atoms with E-state index in [4.69, 9.17) is 15.0 Å². The number of carboxylic acids is 2. The Bertz CT molecular complexity index is 237. The third kappa shape index (κ3) is 7.70. The van der Waals surface area contributed by atoms with Crippen molar-refractivity contribution in [2.24, 2.45) is 5.90 Å². The van der Waals surface area contributed by atoms with Crippen LogP contribution >= 0.6 is 0 Å². The Morgan fingerprint density at radius 2 is 1.40 bits per heavy atom. The van der Waals surface area contributed by atoms with E-state index in [1.54, 1.807) is 0 Å². The minimum Gasteiger partial charge on any atom is -0.479 e. The number of alkyl halides is 3. The van der Waals surface area contributed by atoms with Gasteiger partial charge in [0.25, 0.3) is 0 Å². The first-order chi connectivity index (χ1) is 6.45. The van der Waals surface area contributed by atoms with Crippen LogP contribution in [0.4, 0.5) is 13.2 Å². The molecular formula is C6H10F3NO5. The molecule has 0 aliphatic carbocycles. The highest BCUT2D eigenvalue weighted by Gasteiger charge is 2.38. The van der Waals surface area contributed by atoms with Crippen LogP contribution in [0.5, 0.6) is 0 Å². The van der Waals surface area contributed by atoms with Crippen molar-refractivity contribution in [1.82, 2.24) is 0 Å². The molecule has 0 aromatic rings. The summed E-state index contributed by atoms with van der Waals surface area (Å²) in [6.45, 7) is 2.74. The fraction of sp³-hybridized carbons (Fsp3) is 0.667. The molecule has 0 saturated carbocycles. The molecule has 0 saturated heterocycles. The van der Waals surface area contributed by atoms with E-state index in [0.29, 0.717) is 0 Å². The summed E-state index contributed by atoms with van der Waals surface area (Å²) >= 11 is 0. The van der Waals surface area contributed by atoms with Crippen LogP contribution in [0.2, 0.25) is 0 Å². The van der Waals surface area contributed by atoms with Gasteiger partial charge in [-0.2, -0.15) is 13.2 Å². The molecular weight excluding hydrogens is 223 g/mol. The lowest BCUT2D eigenvalue weighted by molar-refractivity contribution is -0.192. The standard InChI is InChI=1S/C4H9NO3.C2HF3O2/c1-4(2,8-5)3(6)7;3-2(4,5)1(6)7/h5H2,1-2H3,(H,6,7);(H,6,7). The largest absolute Gasteiger partial charge is 0.490 e. The third-order valence-corrected chi connectivity index (χ3v) is 1.05. The fourth-order valence-electron chi connectivity index (χ4n) is 0.0504. The molecule has 9 heteroatoms. The normalized spacial score (nSPS) is 11.3. The monoisotopic (exact) mass is 233 g/mol. The first kappa shape index (κ1) is 16.1. The van der Waals surface area contributed by atoms with Crippen molar-refractivity contribution in [3.8, 4) is 0 Å². The number of hydrogen-bond donors (Lipinski definition) is 3. The zero-order valence-corrected chi connectivity index (χ0v) is 7.83. The SMILES string of the molecule is CC(C)(ON)C(=O)O.O=C(O)C(F)(F)F. The van der Waals surface area contributed by atoms with Gasteiger partial charge in [0, 0.05) is 0 Å². The van der Waals surface area contributed by atoms with Crippen molar-refractivity contribution >= 4 is 11.9 Å². The predicted molar refractivity (Wildman–Crippen MR) is 40.7 cm³/mol. The molecule has 0 aromatic carbocycles. The highest BCUT2D eigenvalue weighted by atomic mass is 19.4. The molecule has 0 aliphatic heterocycles. The van der Waals surface area contributed by atoms with Gasteiger partial charge in [0.15, 0.2) is 5.60 Å². The van der Waals surface area contributed by atoms with Gasteiger partial charge in [-0.05, 0) is 13.8 Å². The minimum absolute atomic E-state index is 1.07. The Kier molecular flexibility index (Phi) is 5.91. The maximum atomic E-state index is 10.6. The summed E-state index contributed by atoms with van der Waals surface area (Å²) in [6, 6.07) is 0. The number of carbonyl (C=O) groups is 2. The summed E-state index contributed by atoms with van der Waals surface area (Å²) in [7, 11) is 0. The molecule has 0 spiro atoms. The van der Waals surface area contributed by atoms with Gasteiger partial charge < -0.3 is 10.2 Å². The van der Waals surface area contributed by atoms with Crippen molar-refractivity contribution in [1.29, 1.82) is 0 Å². The lowest BCUT2D eigenvalue weighted by atomic mass is 10.1. The molecule has 0 atom stereocenters. The number of rotatable bonds is 2. The molecule has 0 aromatic heterocycles. The highest BCUT2D eigenvalue weighted by Crippen LogP contribution is 2.13. The first-order valence-corrected chi connectivity index (χ1v) is 3.36. The van der Waals surface area contributed by atoms with Gasteiger partial charge in [-0.25, -0.2) is 15.5 Å². The average Bonchev–Trinajstić information content (AvgIpc) is 2.03. The number of aliphatic carboxylic acids is 2. The smallest absolute Gasteiger partial charge is 0.479 e. The summed E-state index contributed by atoms with van der Waals surface area (Å²) in [5, 5.41) is 15.4. The van der Waals surface area contributed by atoms with Gasteiger partial charge in [-0.1, -0.05) is 0 Å². The Labute approximate surface area is 82.4 Å². The lowest BCUT2D eigenvalue weighted by Crippen LogP contribution is -2.37. The van der Waals surface area contributed by atoms with Crippen molar-refractivity contribution in [2.45, 2.75) is 25.6 Å². The molecule has 0 amide bonds. The average molecular weight is 233 g/mol. The Morgan fingerprint density at radius 3 is 1.40 bits per heavy atom. The summed E-state index contributed by atoms with van der Waals surface area (Å²) in [6.07, 6.45) is -5.08. The number of halogens is 3. The zero-order valence-electron chi connectivity index (χ0n) is 7.83. The molecule has 0 heterocycles. The second-order valence-corrected chi connectivity index (χ2v) is 2.74. The minimum atomic E-state index is -5.08. The molecule has 0 radical (unpaired) electrons. The predicted octanol–water partition coefficient (Wildman–Crippen LogP) is 0.373. The Balaban J connectivity index is 0. The number of hydrogen-bond acceptors (Lipinski definition) is 4. The maximum Gasteiger partial charge on any atom is 0.490 e. The molecule has 90 valence electrons.